The number of pyridine rings is 1. The summed E-state index contributed by atoms with van der Waals surface area (Å²) in [4.78, 5) is 13.5. The second kappa shape index (κ2) is 5.94. The molecule has 1 aliphatic rings. The number of methoxy groups -OCH3 is 1. The first-order valence-electron chi connectivity index (χ1n) is 7.84. The first-order chi connectivity index (χ1) is 12.2. The Bertz CT molecular complexity index is 978. The molecule has 0 saturated carbocycles. The smallest absolute Gasteiger partial charge is 0.145 e. The van der Waals surface area contributed by atoms with E-state index in [0.29, 0.717) is 17.9 Å². The van der Waals surface area contributed by atoms with Gasteiger partial charge in [0.2, 0.25) is 0 Å². The van der Waals surface area contributed by atoms with Crippen molar-refractivity contribution in [3.8, 4) is 5.75 Å². The average Bonchev–Trinajstić information content (AvgIpc) is 3.15. The Kier molecular flexibility index (Phi) is 3.61. The zero-order valence-corrected chi connectivity index (χ0v) is 13.7. The highest BCUT2D eigenvalue weighted by atomic mass is 16.5. The maximum absolute atomic E-state index is 10.4. The highest BCUT2D eigenvalue weighted by Gasteiger charge is 2.30. The van der Waals surface area contributed by atoms with E-state index in [2.05, 4.69) is 15.0 Å². The van der Waals surface area contributed by atoms with Crippen LogP contribution in [0, 0.1) is 5.41 Å². The Balaban J connectivity index is 1.63. The average molecular weight is 335 g/mol. The van der Waals surface area contributed by atoms with Crippen LogP contribution in [0.4, 0.5) is 0 Å². The van der Waals surface area contributed by atoms with E-state index < -0.39 is 0 Å². The predicted octanol–water partition coefficient (Wildman–Crippen LogP) is 2.73. The van der Waals surface area contributed by atoms with Crippen LogP contribution in [0.1, 0.15) is 11.4 Å². The zero-order chi connectivity index (χ0) is 17.4. The lowest BCUT2D eigenvalue weighted by molar-refractivity contribution is 0.347. The summed E-state index contributed by atoms with van der Waals surface area (Å²) in [6.45, 7) is 0.819. The quantitative estimate of drug-likeness (QED) is 0.681. The Morgan fingerprint density at radius 3 is 2.84 bits per heavy atom. The van der Waals surface area contributed by atoms with Crippen molar-refractivity contribution >= 4 is 22.4 Å². The molecule has 7 nitrogen and oxygen atoms in total. The molecule has 0 fully saturated rings. The number of ether oxygens (including phenoxy) is 1. The number of aromatic nitrogens is 3. The van der Waals surface area contributed by atoms with Crippen LogP contribution in [-0.4, -0.2) is 44.4 Å². The number of nitrogens with one attached hydrogen (secondary N) is 2. The fourth-order valence-electron chi connectivity index (χ4n) is 2.96. The van der Waals surface area contributed by atoms with Crippen LogP contribution in [-0.2, 0) is 6.54 Å². The Hall–Kier alpha value is -3.35. The van der Waals surface area contributed by atoms with Gasteiger partial charge in [-0.1, -0.05) is 0 Å². The van der Waals surface area contributed by atoms with Crippen LogP contribution in [0.15, 0.2) is 48.5 Å². The highest BCUT2D eigenvalue weighted by molar-refractivity contribution is 6.23. The van der Waals surface area contributed by atoms with E-state index in [-0.39, 0.29) is 18.1 Å². The van der Waals surface area contributed by atoms with Crippen LogP contribution in [0.5, 0.6) is 5.75 Å². The summed E-state index contributed by atoms with van der Waals surface area (Å²) in [5.41, 5.74) is 3.03. The van der Waals surface area contributed by atoms with E-state index in [1.165, 1.54) is 0 Å². The van der Waals surface area contributed by atoms with Crippen LogP contribution < -0.4 is 4.74 Å². The number of benzene rings is 1. The molecular weight excluding hydrogens is 318 g/mol. The molecule has 3 N–H and O–H groups in total. The van der Waals surface area contributed by atoms with Crippen LogP contribution in [0.3, 0.4) is 0 Å². The van der Waals surface area contributed by atoms with Crippen LogP contribution >= 0.6 is 0 Å². The molecule has 1 aromatic carbocycles. The predicted molar refractivity (Wildman–Crippen MR) is 94.6 cm³/mol. The molecule has 0 radical (unpaired) electrons. The van der Waals surface area contributed by atoms with Crippen LogP contribution in [0.25, 0.3) is 16.6 Å². The number of hydrogen-bond acceptors (Lipinski definition) is 5. The summed E-state index contributed by atoms with van der Waals surface area (Å²) in [5, 5.41) is 18.8. The van der Waals surface area contributed by atoms with Crippen molar-refractivity contribution in [1.29, 1.82) is 5.41 Å². The minimum Gasteiger partial charge on any atom is -0.510 e. The van der Waals surface area contributed by atoms with Gasteiger partial charge in [-0.3, -0.25) is 10.4 Å². The molecule has 7 heteroatoms. The van der Waals surface area contributed by atoms with Gasteiger partial charge in [0.15, 0.2) is 0 Å². The Morgan fingerprint density at radius 2 is 2.08 bits per heavy atom. The number of nitrogens with zero attached hydrogens (tertiary/aromatic N) is 3. The van der Waals surface area contributed by atoms with Gasteiger partial charge in [-0.15, -0.1) is 0 Å². The monoisotopic (exact) mass is 335 g/mol. The minimum absolute atomic E-state index is 0.144. The molecule has 0 spiro atoms. The first-order valence-corrected chi connectivity index (χ1v) is 7.84. The number of hydrogen-bond donors (Lipinski definition) is 3. The molecule has 0 aliphatic carbocycles. The molecule has 0 bridgehead atoms. The number of aliphatic hydroxyl groups is 1. The molecule has 4 rings (SSSR count). The van der Waals surface area contributed by atoms with E-state index in [0.717, 1.165) is 22.3 Å². The lowest BCUT2D eigenvalue weighted by atomic mass is 10.2. The fourth-order valence-corrected chi connectivity index (χ4v) is 2.96. The summed E-state index contributed by atoms with van der Waals surface area (Å²) < 4.78 is 5.22. The maximum atomic E-state index is 10.4. The number of H-pyrrole nitrogens is 1. The van der Waals surface area contributed by atoms with Gasteiger partial charge >= 0.3 is 0 Å². The van der Waals surface area contributed by atoms with Gasteiger partial charge in [0, 0.05) is 25.0 Å². The second-order valence-corrected chi connectivity index (χ2v) is 5.85. The number of aliphatic hydroxyl groups excluding tert-OH is 1. The molecule has 0 saturated heterocycles. The van der Waals surface area contributed by atoms with Gasteiger partial charge in [0.1, 0.15) is 23.2 Å². The zero-order valence-electron chi connectivity index (χ0n) is 13.7. The summed E-state index contributed by atoms with van der Waals surface area (Å²) in [6.07, 6.45) is 3.44. The van der Waals surface area contributed by atoms with Crippen LogP contribution in [0.2, 0.25) is 0 Å². The lowest BCUT2D eigenvalue weighted by Gasteiger charge is -2.18. The molecule has 3 heterocycles. The number of amidine groups is 1. The van der Waals surface area contributed by atoms with Crippen molar-refractivity contribution in [3.63, 3.8) is 0 Å². The van der Waals surface area contributed by atoms with Gasteiger partial charge in [-0.05, 0) is 29.8 Å². The van der Waals surface area contributed by atoms with Crippen molar-refractivity contribution in [2.45, 2.75) is 6.54 Å². The SMILES string of the molecule is COc1ccc2nc(C3=C(O)CN(Cc4ccncc4)C3=N)[nH]c2c1. The van der Waals surface area contributed by atoms with Crippen molar-refractivity contribution < 1.29 is 9.84 Å². The van der Waals surface area contributed by atoms with Gasteiger partial charge < -0.3 is 19.7 Å². The van der Waals surface area contributed by atoms with E-state index in [1.807, 2.05) is 30.3 Å². The Labute approximate surface area is 144 Å². The van der Waals surface area contributed by atoms with E-state index >= 15 is 0 Å². The minimum atomic E-state index is 0.144. The van der Waals surface area contributed by atoms with Crippen molar-refractivity contribution in [1.82, 2.24) is 19.9 Å². The summed E-state index contributed by atoms with van der Waals surface area (Å²) >= 11 is 0. The maximum Gasteiger partial charge on any atom is 0.145 e. The third-order valence-electron chi connectivity index (χ3n) is 4.23. The third-order valence-corrected chi connectivity index (χ3v) is 4.23. The van der Waals surface area contributed by atoms with E-state index in [1.54, 1.807) is 24.4 Å². The largest absolute Gasteiger partial charge is 0.510 e. The third kappa shape index (κ3) is 2.69. The topological polar surface area (TPSA) is 98.1 Å². The molecule has 25 heavy (non-hydrogen) atoms. The molecule has 0 atom stereocenters. The fraction of sp³-hybridized carbons (Fsp3) is 0.167. The molecule has 126 valence electrons. The number of imidazole rings is 1. The number of aromatic amines is 1. The molecule has 0 amide bonds. The summed E-state index contributed by atoms with van der Waals surface area (Å²) in [6, 6.07) is 9.32. The Morgan fingerprint density at radius 1 is 1.28 bits per heavy atom. The summed E-state index contributed by atoms with van der Waals surface area (Å²) in [7, 11) is 1.61. The number of fused-ring (bicyclic) bond motifs is 1. The number of rotatable bonds is 4. The van der Waals surface area contributed by atoms with E-state index in [9.17, 15) is 5.11 Å². The van der Waals surface area contributed by atoms with Gasteiger partial charge in [-0.25, -0.2) is 4.98 Å². The second-order valence-electron chi connectivity index (χ2n) is 5.85. The molecule has 2 aromatic heterocycles. The van der Waals surface area contributed by atoms with Gasteiger partial charge in [-0.2, -0.15) is 0 Å². The van der Waals surface area contributed by atoms with Crippen molar-refractivity contribution in [2.24, 2.45) is 0 Å². The molecule has 0 unspecified atom stereocenters. The lowest BCUT2D eigenvalue weighted by Crippen LogP contribution is -2.26. The van der Waals surface area contributed by atoms with Gasteiger partial charge in [0.05, 0.1) is 30.3 Å². The highest BCUT2D eigenvalue weighted by Crippen LogP contribution is 2.29. The first kappa shape index (κ1) is 15.2. The van der Waals surface area contributed by atoms with Crippen molar-refractivity contribution in [2.75, 3.05) is 13.7 Å². The normalized spacial score (nSPS) is 14.6. The molecule has 1 aliphatic heterocycles. The van der Waals surface area contributed by atoms with Gasteiger partial charge in [0.25, 0.3) is 0 Å². The van der Waals surface area contributed by atoms with Crippen molar-refractivity contribution in [3.05, 3.63) is 59.9 Å². The van der Waals surface area contributed by atoms with E-state index in [4.69, 9.17) is 10.1 Å². The molecule has 3 aromatic rings. The standard InChI is InChI=1S/C18H17N5O2/c1-25-12-2-3-13-14(8-12)22-18(21-13)16-15(24)10-23(17(16)19)9-11-4-6-20-7-5-11/h2-8,19,24H,9-10H2,1H3,(H,21,22). The summed E-state index contributed by atoms with van der Waals surface area (Å²) in [5.74, 6) is 1.61. The molecular formula is C18H17N5O2.